The Balaban J connectivity index is 0.00000364. The topological polar surface area (TPSA) is 66.0 Å². The largest absolute Gasteiger partial charge is 0.378 e. The molecule has 158 valence electrons. The van der Waals surface area contributed by atoms with Crippen molar-refractivity contribution in [3.8, 4) is 0 Å². The van der Waals surface area contributed by atoms with Gasteiger partial charge in [-0.1, -0.05) is 38.5 Å². The molecule has 0 atom stereocenters. The predicted octanol–water partition coefficient (Wildman–Crippen LogP) is 3.30. The van der Waals surface area contributed by atoms with Crippen LogP contribution in [0.1, 0.15) is 70.6 Å². The van der Waals surface area contributed by atoms with Crippen molar-refractivity contribution in [3.05, 3.63) is 0 Å². The average molecular weight is 494 g/mol. The molecule has 2 saturated carbocycles. The van der Waals surface area contributed by atoms with Gasteiger partial charge in [-0.15, -0.1) is 24.0 Å². The summed E-state index contributed by atoms with van der Waals surface area (Å²) < 4.78 is 5.98. The maximum absolute atomic E-state index is 11.8. The van der Waals surface area contributed by atoms with E-state index >= 15 is 0 Å². The Morgan fingerprint density at radius 3 is 2.30 bits per heavy atom. The van der Waals surface area contributed by atoms with E-state index in [9.17, 15) is 4.79 Å². The Labute approximate surface area is 182 Å². The Morgan fingerprint density at radius 2 is 1.67 bits per heavy atom. The summed E-state index contributed by atoms with van der Waals surface area (Å²) in [5.74, 6) is 0.792. The number of ether oxygens (including phenoxy) is 1. The molecule has 1 amide bonds. The van der Waals surface area contributed by atoms with E-state index in [-0.39, 0.29) is 36.4 Å². The molecule has 6 nitrogen and oxygen atoms in total. The second kappa shape index (κ2) is 14.4. The Bertz CT molecular complexity index is 434. The van der Waals surface area contributed by atoms with Gasteiger partial charge in [-0.3, -0.25) is 4.79 Å². The van der Waals surface area contributed by atoms with Crippen LogP contribution in [0.3, 0.4) is 0 Å². The highest BCUT2D eigenvalue weighted by atomic mass is 127. The van der Waals surface area contributed by atoms with Gasteiger partial charge in [-0.25, -0.2) is 4.99 Å². The third-order valence-electron chi connectivity index (χ3n) is 5.34. The summed E-state index contributed by atoms with van der Waals surface area (Å²) in [5.41, 5.74) is 0. The first-order chi connectivity index (χ1) is 12.6. The fourth-order valence-electron chi connectivity index (χ4n) is 3.64. The molecule has 2 rings (SSSR count). The smallest absolute Gasteiger partial charge is 0.243 e. The molecule has 0 aromatic heterocycles. The minimum absolute atomic E-state index is 0. The molecule has 2 fully saturated rings. The number of aliphatic imine (C=N–C) groups is 1. The van der Waals surface area contributed by atoms with Crippen molar-refractivity contribution in [2.24, 2.45) is 4.99 Å². The van der Waals surface area contributed by atoms with Crippen LogP contribution in [0.4, 0.5) is 0 Å². The molecule has 2 aliphatic rings. The van der Waals surface area contributed by atoms with Crippen molar-refractivity contribution in [2.45, 2.75) is 82.8 Å². The Morgan fingerprint density at radius 1 is 1.04 bits per heavy atom. The number of guanidine groups is 1. The van der Waals surface area contributed by atoms with Crippen LogP contribution < -0.4 is 10.6 Å². The van der Waals surface area contributed by atoms with Crippen LogP contribution in [0.2, 0.25) is 0 Å². The van der Waals surface area contributed by atoms with E-state index in [1.165, 1.54) is 64.2 Å². The highest BCUT2D eigenvalue weighted by Crippen LogP contribution is 2.20. The average Bonchev–Trinajstić information content (AvgIpc) is 2.67. The normalized spacial score (nSPS) is 19.3. The number of hydrogen-bond acceptors (Lipinski definition) is 3. The fraction of sp³-hybridized carbons (Fsp3) is 0.900. The molecular weight excluding hydrogens is 455 g/mol. The van der Waals surface area contributed by atoms with Gasteiger partial charge in [0.05, 0.1) is 6.10 Å². The minimum atomic E-state index is 0. The van der Waals surface area contributed by atoms with Crippen LogP contribution in [-0.4, -0.2) is 62.7 Å². The molecule has 0 aromatic carbocycles. The molecule has 0 unspecified atom stereocenters. The summed E-state index contributed by atoms with van der Waals surface area (Å²) in [5, 5.41) is 6.91. The Kier molecular flexibility index (Phi) is 13.1. The van der Waals surface area contributed by atoms with Gasteiger partial charge in [0.1, 0.15) is 6.54 Å². The molecule has 0 heterocycles. The van der Waals surface area contributed by atoms with Crippen LogP contribution in [-0.2, 0) is 9.53 Å². The number of amides is 1. The van der Waals surface area contributed by atoms with Crippen LogP contribution in [0.15, 0.2) is 4.99 Å². The lowest BCUT2D eigenvalue weighted by atomic mass is 9.96. The summed E-state index contributed by atoms with van der Waals surface area (Å²) in [6.45, 7) is 1.81. The van der Waals surface area contributed by atoms with Gasteiger partial charge in [0.25, 0.3) is 0 Å². The fourth-order valence-corrected chi connectivity index (χ4v) is 3.64. The zero-order chi connectivity index (χ0) is 18.6. The van der Waals surface area contributed by atoms with Crippen molar-refractivity contribution in [1.29, 1.82) is 0 Å². The molecule has 2 aliphatic carbocycles. The van der Waals surface area contributed by atoms with E-state index in [1.54, 1.807) is 19.0 Å². The molecule has 7 heteroatoms. The molecule has 0 spiro atoms. The van der Waals surface area contributed by atoms with Crippen LogP contribution >= 0.6 is 24.0 Å². The minimum Gasteiger partial charge on any atom is -0.378 e. The summed E-state index contributed by atoms with van der Waals surface area (Å²) in [4.78, 5) is 17.9. The van der Waals surface area contributed by atoms with E-state index in [0.29, 0.717) is 12.1 Å². The lowest BCUT2D eigenvalue weighted by molar-refractivity contribution is -0.127. The summed E-state index contributed by atoms with van der Waals surface area (Å²) >= 11 is 0. The zero-order valence-electron chi connectivity index (χ0n) is 17.2. The molecule has 0 saturated heterocycles. The number of nitrogens with one attached hydrogen (secondary N) is 2. The second-order valence-electron chi connectivity index (χ2n) is 7.84. The number of rotatable bonds is 8. The van der Waals surface area contributed by atoms with E-state index in [1.807, 2.05) is 0 Å². The quantitative estimate of drug-likeness (QED) is 0.235. The monoisotopic (exact) mass is 494 g/mol. The first kappa shape index (κ1) is 24.5. The number of likely N-dealkylation sites (N-methyl/N-ethyl adjacent to an activating group) is 1. The summed E-state index contributed by atoms with van der Waals surface area (Å²) in [7, 11) is 3.53. The molecule has 0 radical (unpaired) electrons. The second-order valence-corrected chi connectivity index (χ2v) is 7.84. The zero-order valence-corrected chi connectivity index (χ0v) is 19.5. The van der Waals surface area contributed by atoms with E-state index in [4.69, 9.17) is 4.74 Å². The maximum Gasteiger partial charge on any atom is 0.243 e. The van der Waals surface area contributed by atoms with Crippen LogP contribution in [0.5, 0.6) is 0 Å². The van der Waals surface area contributed by atoms with Crippen molar-refractivity contribution in [3.63, 3.8) is 0 Å². The van der Waals surface area contributed by atoms with Gasteiger partial charge in [-0.2, -0.15) is 0 Å². The number of halogens is 1. The Hall–Kier alpha value is -0.570. The molecule has 0 aliphatic heterocycles. The predicted molar refractivity (Wildman–Crippen MR) is 122 cm³/mol. The van der Waals surface area contributed by atoms with Gasteiger partial charge in [-0.05, 0) is 32.1 Å². The van der Waals surface area contributed by atoms with E-state index in [2.05, 4.69) is 15.6 Å². The highest BCUT2D eigenvalue weighted by Gasteiger charge is 2.16. The molecule has 27 heavy (non-hydrogen) atoms. The standard InChI is InChI=1S/C20H38N4O2.HI/c1-24(2)19(25)16-22-20(23-17-10-5-3-6-11-17)21-14-9-15-26-18-12-7-4-8-13-18;/h17-18H,3-16H2,1-2H3,(H2,21,22,23);1H. The SMILES string of the molecule is CN(C)C(=O)CN=C(NCCCOC1CCCCC1)NC1CCCCC1.I. The molecule has 0 aromatic rings. The third kappa shape index (κ3) is 10.5. The third-order valence-corrected chi connectivity index (χ3v) is 5.34. The van der Waals surface area contributed by atoms with Crippen molar-refractivity contribution in [2.75, 3.05) is 33.8 Å². The van der Waals surface area contributed by atoms with Gasteiger partial charge >= 0.3 is 0 Å². The van der Waals surface area contributed by atoms with E-state index in [0.717, 1.165) is 25.5 Å². The molecule has 2 N–H and O–H groups in total. The lowest BCUT2D eigenvalue weighted by Gasteiger charge is -2.25. The van der Waals surface area contributed by atoms with Gasteiger partial charge < -0.3 is 20.3 Å². The molecule has 0 bridgehead atoms. The lowest BCUT2D eigenvalue weighted by Crippen LogP contribution is -2.45. The number of hydrogen-bond donors (Lipinski definition) is 2. The first-order valence-electron chi connectivity index (χ1n) is 10.5. The maximum atomic E-state index is 11.8. The highest BCUT2D eigenvalue weighted by molar-refractivity contribution is 14.0. The number of carbonyl (C=O) groups is 1. The summed E-state index contributed by atoms with van der Waals surface area (Å²) in [6.07, 6.45) is 14.1. The number of nitrogens with zero attached hydrogens (tertiary/aromatic N) is 2. The van der Waals surface area contributed by atoms with Crippen molar-refractivity contribution >= 4 is 35.8 Å². The van der Waals surface area contributed by atoms with Crippen LogP contribution in [0, 0.1) is 0 Å². The van der Waals surface area contributed by atoms with Crippen molar-refractivity contribution < 1.29 is 9.53 Å². The van der Waals surface area contributed by atoms with E-state index < -0.39 is 0 Å². The summed E-state index contributed by atoms with van der Waals surface area (Å²) in [6, 6.07) is 0.475. The molecular formula is C20H39IN4O2. The first-order valence-corrected chi connectivity index (χ1v) is 10.5. The van der Waals surface area contributed by atoms with Crippen LogP contribution in [0.25, 0.3) is 0 Å². The van der Waals surface area contributed by atoms with Crippen molar-refractivity contribution in [1.82, 2.24) is 15.5 Å². The van der Waals surface area contributed by atoms with Gasteiger partial charge in [0.15, 0.2) is 5.96 Å². The van der Waals surface area contributed by atoms with Gasteiger partial charge in [0.2, 0.25) is 5.91 Å². The van der Waals surface area contributed by atoms with Gasteiger partial charge in [0, 0.05) is 33.3 Å². The number of carbonyl (C=O) groups excluding carboxylic acids is 1.